The topological polar surface area (TPSA) is 61.8 Å². The number of aliphatic hydroxyl groups is 1. The number of nitrogens with zero attached hydrogens (tertiary/aromatic N) is 2. The standard InChI is InChI=1S/C9H17N3O/c1-6(13)5-7-10-8(12-11-7)9(2,3)4/h6,13H,5H2,1-4H3,(H,10,11,12). The number of aliphatic hydroxyl groups excluding tert-OH is 1. The predicted octanol–water partition coefficient (Wildman–Crippen LogP) is 1.03. The number of aromatic amines is 1. The molecule has 4 heteroatoms. The Morgan fingerprint density at radius 1 is 1.46 bits per heavy atom. The van der Waals surface area contributed by atoms with Crippen LogP contribution in [0.2, 0.25) is 0 Å². The minimum absolute atomic E-state index is 0.0343. The third-order valence-corrected chi connectivity index (χ3v) is 1.69. The van der Waals surface area contributed by atoms with Crippen LogP contribution >= 0.6 is 0 Å². The molecule has 0 fully saturated rings. The maximum absolute atomic E-state index is 9.13. The highest BCUT2D eigenvalue weighted by atomic mass is 16.3. The first-order chi connectivity index (χ1) is 5.89. The van der Waals surface area contributed by atoms with Crippen molar-refractivity contribution in [1.82, 2.24) is 15.2 Å². The van der Waals surface area contributed by atoms with Crippen molar-refractivity contribution in [2.75, 3.05) is 0 Å². The maximum atomic E-state index is 9.13. The summed E-state index contributed by atoms with van der Waals surface area (Å²) in [6.07, 6.45) is 0.157. The summed E-state index contributed by atoms with van der Waals surface area (Å²) in [5.41, 5.74) is -0.0343. The third-order valence-electron chi connectivity index (χ3n) is 1.69. The minimum Gasteiger partial charge on any atom is -0.393 e. The van der Waals surface area contributed by atoms with Gasteiger partial charge in [0.15, 0.2) is 5.82 Å². The van der Waals surface area contributed by atoms with Crippen molar-refractivity contribution in [3.05, 3.63) is 11.6 Å². The Kier molecular flexibility index (Phi) is 2.71. The average Bonchev–Trinajstić information content (AvgIpc) is 2.32. The number of aromatic nitrogens is 3. The first kappa shape index (κ1) is 10.2. The van der Waals surface area contributed by atoms with Gasteiger partial charge in [0.1, 0.15) is 5.82 Å². The molecule has 1 heterocycles. The Hall–Kier alpha value is -0.900. The van der Waals surface area contributed by atoms with Gasteiger partial charge in [0.05, 0.1) is 6.10 Å². The van der Waals surface area contributed by atoms with Crippen molar-refractivity contribution in [3.63, 3.8) is 0 Å². The quantitative estimate of drug-likeness (QED) is 0.719. The number of hydrogen-bond donors (Lipinski definition) is 2. The summed E-state index contributed by atoms with van der Waals surface area (Å²) in [4.78, 5) is 4.30. The van der Waals surface area contributed by atoms with Gasteiger partial charge in [-0.3, -0.25) is 5.10 Å². The fourth-order valence-corrected chi connectivity index (χ4v) is 1.00. The SMILES string of the molecule is CC(O)Cc1nc(C(C)(C)C)n[nH]1. The lowest BCUT2D eigenvalue weighted by molar-refractivity contribution is 0.193. The van der Waals surface area contributed by atoms with Gasteiger partial charge in [-0.25, -0.2) is 4.98 Å². The summed E-state index contributed by atoms with van der Waals surface area (Å²) in [5.74, 6) is 1.54. The second kappa shape index (κ2) is 3.46. The molecule has 0 amide bonds. The number of hydrogen-bond acceptors (Lipinski definition) is 3. The summed E-state index contributed by atoms with van der Waals surface area (Å²) in [7, 11) is 0. The minimum atomic E-state index is -0.374. The molecule has 0 aromatic carbocycles. The molecule has 0 saturated carbocycles. The van der Waals surface area contributed by atoms with E-state index in [0.717, 1.165) is 11.6 Å². The van der Waals surface area contributed by atoms with Crippen molar-refractivity contribution >= 4 is 0 Å². The van der Waals surface area contributed by atoms with Gasteiger partial charge in [0, 0.05) is 11.8 Å². The van der Waals surface area contributed by atoms with Gasteiger partial charge in [-0.1, -0.05) is 20.8 Å². The van der Waals surface area contributed by atoms with Crippen LogP contribution in [-0.2, 0) is 11.8 Å². The Labute approximate surface area is 78.4 Å². The molecule has 4 nitrogen and oxygen atoms in total. The van der Waals surface area contributed by atoms with Crippen LogP contribution in [0, 0.1) is 0 Å². The Morgan fingerprint density at radius 3 is 2.46 bits per heavy atom. The van der Waals surface area contributed by atoms with Crippen molar-refractivity contribution in [2.24, 2.45) is 0 Å². The highest BCUT2D eigenvalue weighted by Crippen LogP contribution is 2.17. The Balaban J connectivity index is 2.75. The summed E-state index contributed by atoms with van der Waals surface area (Å²) in [5, 5.41) is 16.0. The van der Waals surface area contributed by atoms with Gasteiger partial charge in [0.2, 0.25) is 0 Å². The lowest BCUT2D eigenvalue weighted by Gasteiger charge is -2.11. The molecule has 0 saturated heterocycles. The lowest BCUT2D eigenvalue weighted by atomic mass is 9.96. The first-order valence-electron chi connectivity index (χ1n) is 4.49. The summed E-state index contributed by atoms with van der Waals surface area (Å²) < 4.78 is 0. The van der Waals surface area contributed by atoms with Crippen LogP contribution in [0.3, 0.4) is 0 Å². The van der Waals surface area contributed by atoms with E-state index in [2.05, 4.69) is 36.0 Å². The fourth-order valence-electron chi connectivity index (χ4n) is 1.00. The second-order valence-corrected chi connectivity index (χ2v) is 4.41. The highest BCUT2D eigenvalue weighted by molar-refractivity contribution is 5.02. The van der Waals surface area contributed by atoms with E-state index in [1.54, 1.807) is 6.92 Å². The molecule has 0 radical (unpaired) electrons. The molecule has 1 aromatic heterocycles. The van der Waals surface area contributed by atoms with Crippen LogP contribution in [0.4, 0.5) is 0 Å². The number of H-pyrrole nitrogens is 1. The van der Waals surface area contributed by atoms with Crippen LogP contribution in [0.15, 0.2) is 0 Å². The summed E-state index contributed by atoms with van der Waals surface area (Å²) in [6, 6.07) is 0. The van der Waals surface area contributed by atoms with E-state index in [0.29, 0.717) is 6.42 Å². The molecule has 0 bridgehead atoms. The Morgan fingerprint density at radius 2 is 2.08 bits per heavy atom. The van der Waals surface area contributed by atoms with E-state index < -0.39 is 0 Å². The van der Waals surface area contributed by atoms with Gasteiger partial charge < -0.3 is 5.11 Å². The molecule has 1 aromatic rings. The summed E-state index contributed by atoms with van der Waals surface area (Å²) in [6.45, 7) is 7.91. The van der Waals surface area contributed by atoms with E-state index in [4.69, 9.17) is 5.11 Å². The van der Waals surface area contributed by atoms with Crippen molar-refractivity contribution < 1.29 is 5.11 Å². The van der Waals surface area contributed by atoms with Crippen LogP contribution in [0.5, 0.6) is 0 Å². The zero-order valence-corrected chi connectivity index (χ0v) is 8.63. The molecule has 0 aliphatic heterocycles. The smallest absolute Gasteiger partial charge is 0.155 e. The van der Waals surface area contributed by atoms with Crippen molar-refractivity contribution in [2.45, 2.75) is 45.6 Å². The van der Waals surface area contributed by atoms with Gasteiger partial charge >= 0.3 is 0 Å². The zero-order chi connectivity index (χ0) is 10.1. The number of nitrogens with one attached hydrogen (secondary N) is 1. The van der Waals surface area contributed by atoms with E-state index in [9.17, 15) is 0 Å². The zero-order valence-electron chi connectivity index (χ0n) is 8.63. The van der Waals surface area contributed by atoms with Crippen LogP contribution in [-0.4, -0.2) is 26.4 Å². The van der Waals surface area contributed by atoms with Crippen LogP contribution in [0.1, 0.15) is 39.3 Å². The van der Waals surface area contributed by atoms with E-state index >= 15 is 0 Å². The average molecular weight is 183 g/mol. The monoisotopic (exact) mass is 183 g/mol. The van der Waals surface area contributed by atoms with Gasteiger partial charge in [0.25, 0.3) is 0 Å². The molecule has 13 heavy (non-hydrogen) atoms. The van der Waals surface area contributed by atoms with Crippen LogP contribution < -0.4 is 0 Å². The summed E-state index contributed by atoms with van der Waals surface area (Å²) >= 11 is 0. The Bertz CT molecular complexity index is 273. The lowest BCUT2D eigenvalue weighted by Crippen LogP contribution is -2.13. The molecule has 0 aliphatic rings. The first-order valence-corrected chi connectivity index (χ1v) is 4.49. The predicted molar refractivity (Wildman–Crippen MR) is 50.5 cm³/mol. The van der Waals surface area contributed by atoms with Crippen molar-refractivity contribution in [1.29, 1.82) is 0 Å². The molecule has 1 rings (SSSR count). The fraction of sp³-hybridized carbons (Fsp3) is 0.778. The molecular formula is C9H17N3O. The number of rotatable bonds is 2. The van der Waals surface area contributed by atoms with E-state index in [1.165, 1.54) is 0 Å². The van der Waals surface area contributed by atoms with Crippen molar-refractivity contribution in [3.8, 4) is 0 Å². The van der Waals surface area contributed by atoms with E-state index in [1.807, 2.05) is 0 Å². The highest BCUT2D eigenvalue weighted by Gasteiger charge is 2.19. The van der Waals surface area contributed by atoms with Gasteiger partial charge in [-0.2, -0.15) is 5.10 Å². The van der Waals surface area contributed by atoms with Crippen LogP contribution in [0.25, 0.3) is 0 Å². The van der Waals surface area contributed by atoms with E-state index in [-0.39, 0.29) is 11.5 Å². The molecule has 1 atom stereocenters. The second-order valence-electron chi connectivity index (χ2n) is 4.41. The molecular weight excluding hydrogens is 166 g/mol. The maximum Gasteiger partial charge on any atom is 0.155 e. The molecule has 2 N–H and O–H groups in total. The molecule has 1 unspecified atom stereocenters. The van der Waals surface area contributed by atoms with Gasteiger partial charge in [-0.05, 0) is 6.92 Å². The molecule has 0 aliphatic carbocycles. The third kappa shape index (κ3) is 2.81. The normalized spacial score (nSPS) is 14.5. The molecule has 0 spiro atoms. The largest absolute Gasteiger partial charge is 0.393 e. The van der Waals surface area contributed by atoms with Gasteiger partial charge in [-0.15, -0.1) is 0 Å². The molecule has 74 valence electrons.